The van der Waals surface area contributed by atoms with Crippen molar-refractivity contribution in [2.24, 2.45) is 0 Å². The van der Waals surface area contributed by atoms with Gasteiger partial charge < -0.3 is 14.4 Å². The lowest BCUT2D eigenvalue weighted by Crippen LogP contribution is -2.42. The van der Waals surface area contributed by atoms with E-state index in [1.807, 2.05) is 0 Å². The average molecular weight is 322 g/mol. The van der Waals surface area contributed by atoms with Crippen LogP contribution in [-0.2, 0) is 14.3 Å². The summed E-state index contributed by atoms with van der Waals surface area (Å²) in [4.78, 5) is 12.1. The fraction of sp³-hybridized carbons (Fsp3) is 0.889. The van der Waals surface area contributed by atoms with Gasteiger partial charge in [-0.15, -0.1) is 0 Å². The van der Waals surface area contributed by atoms with Gasteiger partial charge in [0.2, 0.25) is 5.91 Å². The number of alkyl halides is 4. The summed E-state index contributed by atoms with van der Waals surface area (Å²) in [5.41, 5.74) is 0. The third-order valence-corrected chi connectivity index (χ3v) is 2.09. The number of hydrogen-bond acceptors (Lipinski definition) is 3. The van der Waals surface area contributed by atoms with E-state index < -0.39 is 18.6 Å². The highest BCUT2D eigenvalue weighted by Gasteiger charge is 2.32. The first-order valence-electron chi connectivity index (χ1n) is 4.88. The number of amides is 1. The molecule has 0 heterocycles. The third kappa shape index (κ3) is 9.37. The summed E-state index contributed by atoms with van der Waals surface area (Å²) in [6.45, 7) is -1.16. The highest BCUT2D eigenvalue weighted by atomic mass is 79.9. The van der Waals surface area contributed by atoms with Crippen molar-refractivity contribution in [2.45, 2.75) is 6.18 Å². The van der Waals surface area contributed by atoms with Crippen molar-refractivity contribution in [2.75, 3.05) is 45.4 Å². The molecule has 0 aromatic heterocycles. The maximum Gasteiger partial charge on any atom is 0.406 e. The maximum atomic E-state index is 12.2. The van der Waals surface area contributed by atoms with Gasteiger partial charge in [0.05, 0.1) is 13.2 Å². The quantitative estimate of drug-likeness (QED) is 0.501. The molecule has 0 radical (unpaired) electrons. The van der Waals surface area contributed by atoms with Crippen LogP contribution in [0.5, 0.6) is 0 Å². The molecule has 0 fully saturated rings. The van der Waals surface area contributed by atoms with E-state index in [9.17, 15) is 18.0 Å². The minimum absolute atomic E-state index is 0.00796. The Balaban J connectivity index is 4.06. The Kier molecular flexibility index (Phi) is 8.53. The number of methoxy groups -OCH3 is 1. The molecule has 0 aliphatic rings. The van der Waals surface area contributed by atoms with Gasteiger partial charge in [-0.25, -0.2) is 0 Å². The highest BCUT2D eigenvalue weighted by molar-refractivity contribution is 9.09. The van der Waals surface area contributed by atoms with Crippen molar-refractivity contribution in [3.63, 3.8) is 0 Å². The SMILES string of the molecule is COCCOCC(=O)N(CCBr)CC(F)(F)F. The van der Waals surface area contributed by atoms with Crippen LogP contribution in [0.4, 0.5) is 13.2 Å². The molecule has 0 N–H and O–H groups in total. The van der Waals surface area contributed by atoms with Crippen molar-refractivity contribution in [1.29, 1.82) is 0 Å². The Morgan fingerprint density at radius 1 is 1.35 bits per heavy atom. The molecule has 0 aromatic carbocycles. The minimum Gasteiger partial charge on any atom is -0.382 e. The first-order valence-corrected chi connectivity index (χ1v) is 6.00. The molecule has 0 rings (SSSR count). The van der Waals surface area contributed by atoms with Crippen molar-refractivity contribution >= 4 is 21.8 Å². The summed E-state index contributed by atoms with van der Waals surface area (Å²) in [5.74, 6) is -0.683. The Labute approximate surface area is 106 Å². The van der Waals surface area contributed by atoms with Gasteiger partial charge >= 0.3 is 6.18 Å². The van der Waals surface area contributed by atoms with E-state index in [4.69, 9.17) is 4.74 Å². The van der Waals surface area contributed by atoms with E-state index in [1.54, 1.807) is 0 Å². The van der Waals surface area contributed by atoms with Crippen molar-refractivity contribution in [3.8, 4) is 0 Å². The number of hydrogen-bond donors (Lipinski definition) is 0. The lowest BCUT2D eigenvalue weighted by molar-refractivity contribution is -0.163. The number of carbonyl (C=O) groups is 1. The van der Waals surface area contributed by atoms with Crippen molar-refractivity contribution in [1.82, 2.24) is 4.90 Å². The monoisotopic (exact) mass is 321 g/mol. The smallest absolute Gasteiger partial charge is 0.382 e. The van der Waals surface area contributed by atoms with Gasteiger partial charge in [0, 0.05) is 19.0 Å². The molecule has 102 valence electrons. The first-order chi connectivity index (χ1) is 7.90. The molecular weight excluding hydrogens is 307 g/mol. The molecule has 0 unspecified atom stereocenters. The van der Waals surface area contributed by atoms with Crippen LogP contribution in [0.25, 0.3) is 0 Å². The molecule has 4 nitrogen and oxygen atoms in total. The summed E-state index contributed by atoms with van der Waals surface area (Å²) in [5, 5.41) is 0.285. The van der Waals surface area contributed by atoms with Gasteiger partial charge in [-0.05, 0) is 0 Å². The van der Waals surface area contributed by atoms with Crippen LogP contribution in [0.2, 0.25) is 0 Å². The van der Waals surface area contributed by atoms with Crippen molar-refractivity contribution < 1.29 is 27.4 Å². The minimum atomic E-state index is -4.40. The van der Waals surface area contributed by atoms with Crippen LogP contribution in [0.15, 0.2) is 0 Å². The molecule has 0 aliphatic carbocycles. The van der Waals surface area contributed by atoms with Crippen molar-refractivity contribution in [3.05, 3.63) is 0 Å². The first kappa shape index (κ1) is 16.7. The number of ether oxygens (including phenoxy) is 2. The molecule has 0 bridgehead atoms. The van der Waals surface area contributed by atoms with Gasteiger partial charge in [0.15, 0.2) is 0 Å². The Morgan fingerprint density at radius 2 is 2.00 bits per heavy atom. The number of carbonyl (C=O) groups excluding carboxylic acids is 1. The fourth-order valence-electron chi connectivity index (χ4n) is 1.00. The highest BCUT2D eigenvalue weighted by Crippen LogP contribution is 2.16. The molecule has 8 heteroatoms. The average Bonchev–Trinajstić information content (AvgIpc) is 2.21. The predicted octanol–water partition coefficient (Wildman–Crippen LogP) is 1.44. The van der Waals surface area contributed by atoms with E-state index in [-0.39, 0.29) is 25.1 Å². The van der Waals surface area contributed by atoms with E-state index in [0.717, 1.165) is 0 Å². The molecule has 0 spiro atoms. The topological polar surface area (TPSA) is 38.8 Å². The Hall–Kier alpha value is -0.340. The van der Waals surface area contributed by atoms with Gasteiger partial charge in [-0.3, -0.25) is 4.79 Å². The Morgan fingerprint density at radius 3 is 2.47 bits per heavy atom. The van der Waals surface area contributed by atoms with Crippen LogP contribution in [0, 0.1) is 0 Å². The van der Waals surface area contributed by atoms with E-state index in [1.165, 1.54) is 7.11 Å². The van der Waals surface area contributed by atoms with Gasteiger partial charge in [-0.2, -0.15) is 13.2 Å². The van der Waals surface area contributed by atoms with Gasteiger partial charge in [0.25, 0.3) is 0 Å². The second-order valence-corrected chi connectivity index (χ2v) is 3.96. The zero-order chi connectivity index (χ0) is 13.3. The van der Waals surface area contributed by atoms with Crippen LogP contribution < -0.4 is 0 Å². The normalized spacial score (nSPS) is 11.6. The summed E-state index contributed by atoms with van der Waals surface area (Å²) >= 11 is 3.00. The van der Waals surface area contributed by atoms with Crippen LogP contribution in [0.3, 0.4) is 0 Å². The standard InChI is InChI=1S/C9H15BrF3NO3/c1-16-4-5-17-6-8(15)14(3-2-10)7-9(11,12)13/h2-7H2,1H3. The van der Waals surface area contributed by atoms with Gasteiger partial charge in [0.1, 0.15) is 13.2 Å². The summed E-state index contributed by atoms with van der Waals surface area (Å²) in [6, 6.07) is 0. The number of rotatable bonds is 8. The molecule has 0 aromatic rings. The summed E-state index contributed by atoms with van der Waals surface area (Å²) in [7, 11) is 1.46. The second-order valence-electron chi connectivity index (χ2n) is 3.16. The molecule has 0 aliphatic heterocycles. The van der Waals surface area contributed by atoms with Crippen LogP contribution in [-0.4, -0.2) is 62.3 Å². The largest absolute Gasteiger partial charge is 0.406 e. The molecule has 0 saturated carbocycles. The van der Waals surface area contributed by atoms with Crippen LogP contribution >= 0.6 is 15.9 Å². The fourth-order valence-corrected chi connectivity index (χ4v) is 1.43. The zero-order valence-electron chi connectivity index (χ0n) is 9.43. The number of halogens is 4. The molecular formula is C9H15BrF3NO3. The third-order valence-electron chi connectivity index (χ3n) is 1.73. The second kappa shape index (κ2) is 8.71. The molecule has 0 atom stereocenters. The van der Waals surface area contributed by atoms with E-state index >= 15 is 0 Å². The van der Waals surface area contributed by atoms with Gasteiger partial charge in [-0.1, -0.05) is 15.9 Å². The maximum absolute atomic E-state index is 12.2. The predicted molar refractivity (Wildman–Crippen MR) is 59.1 cm³/mol. The molecule has 0 saturated heterocycles. The number of nitrogens with zero attached hydrogens (tertiary/aromatic N) is 1. The van der Waals surface area contributed by atoms with E-state index in [0.29, 0.717) is 11.5 Å². The van der Waals surface area contributed by atoms with E-state index in [2.05, 4.69) is 20.7 Å². The molecule has 17 heavy (non-hydrogen) atoms. The van der Waals surface area contributed by atoms with Crippen LogP contribution in [0.1, 0.15) is 0 Å². The lowest BCUT2D eigenvalue weighted by atomic mass is 10.4. The lowest BCUT2D eigenvalue weighted by Gasteiger charge is -2.22. The summed E-state index contributed by atoms with van der Waals surface area (Å²) in [6.07, 6.45) is -4.40. The molecule has 1 amide bonds. The zero-order valence-corrected chi connectivity index (χ0v) is 11.0. The Bertz CT molecular complexity index is 226. The summed E-state index contributed by atoms with van der Waals surface area (Å²) < 4.78 is 46.0.